The van der Waals surface area contributed by atoms with Crippen LogP contribution >= 0.6 is 0 Å². The Morgan fingerprint density at radius 1 is 0.953 bits per heavy atom. The van der Waals surface area contributed by atoms with Crippen LogP contribution in [0.3, 0.4) is 0 Å². The van der Waals surface area contributed by atoms with Crippen LogP contribution in [0.15, 0.2) is 103 Å². The molecule has 6 nitrogen and oxygen atoms in total. The maximum atomic E-state index is 14.0. The molecule has 0 fully saturated rings. The molecule has 2 aliphatic heterocycles. The molecule has 1 N–H and O–H groups in total. The van der Waals surface area contributed by atoms with E-state index in [1.165, 1.54) is 27.8 Å². The Kier molecular flexibility index (Phi) is 6.26. The normalized spacial score (nSPS) is 17.7. The third-order valence-electron chi connectivity index (χ3n) is 8.96. The first-order chi connectivity index (χ1) is 21.2. The van der Waals surface area contributed by atoms with Crippen LogP contribution in [0, 0.1) is 5.82 Å². The second-order valence-corrected chi connectivity index (χ2v) is 11.3. The number of hydrogen-bond donors (Lipinski definition) is 1. The van der Waals surface area contributed by atoms with Crippen LogP contribution < -0.4 is 9.47 Å². The van der Waals surface area contributed by atoms with Crippen molar-refractivity contribution in [2.24, 2.45) is 0 Å². The average molecular weight is 571 g/mol. The highest BCUT2D eigenvalue weighted by Crippen LogP contribution is 2.49. The maximum Gasteiger partial charge on any atom is 0.161 e. The molecule has 2 aliphatic rings. The zero-order valence-electron chi connectivity index (χ0n) is 23.8. The number of halogens is 1. The van der Waals surface area contributed by atoms with E-state index in [2.05, 4.69) is 63.5 Å². The van der Waals surface area contributed by atoms with Gasteiger partial charge in [0.25, 0.3) is 0 Å². The molecule has 0 spiro atoms. The van der Waals surface area contributed by atoms with E-state index in [0.717, 1.165) is 53.2 Å². The third-order valence-corrected chi connectivity index (χ3v) is 8.96. The van der Waals surface area contributed by atoms with E-state index in [1.807, 2.05) is 41.2 Å². The summed E-state index contributed by atoms with van der Waals surface area (Å²) in [5, 5.41) is 5.55. The van der Waals surface area contributed by atoms with Crippen LogP contribution in [-0.4, -0.2) is 33.3 Å². The number of nitrogens with one attached hydrogen (secondary N) is 1. The zero-order chi connectivity index (χ0) is 28.9. The van der Waals surface area contributed by atoms with Gasteiger partial charge in [-0.3, -0.25) is 4.90 Å². The van der Waals surface area contributed by atoms with Gasteiger partial charge in [-0.05, 0) is 89.2 Å². The van der Waals surface area contributed by atoms with Crippen molar-refractivity contribution in [3.8, 4) is 17.2 Å². The maximum absolute atomic E-state index is 14.0. The third kappa shape index (κ3) is 4.48. The zero-order valence-corrected chi connectivity index (χ0v) is 23.8. The van der Waals surface area contributed by atoms with Crippen molar-refractivity contribution >= 4 is 10.9 Å². The Morgan fingerprint density at radius 2 is 1.79 bits per heavy atom. The van der Waals surface area contributed by atoms with Crippen molar-refractivity contribution < 1.29 is 13.9 Å². The SMILES string of the molecule is COc1cc2c(cc1OCc1ccc(-n3cccn3)cc1)CCN1C2Cc2c([nH]c3ccccc23)C1c1ccc(F)cc1. The standard InChI is InChI=1S/C36H31FN4O2/c1-42-33-21-29-25(19-34(33)43-22-23-7-13-27(14-8-23)41-17-4-16-38-41)15-18-40-32(29)20-30-28-5-2-3-6-31(28)39-35(30)36(40)24-9-11-26(37)12-10-24/h2-14,16-17,19,21,32,36,39H,15,18,20,22H2,1H3. The minimum absolute atomic E-state index is 0.00142. The Bertz CT molecular complexity index is 1910. The summed E-state index contributed by atoms with van der Waals surface area (Å²) in [7, 11) is 1.70. The van der Waals surface area contributed by atoms with E-state index in [9.17, 15) is 4.39 Å². The number of aromatic amines is 1. The van der Waals surface area contributed by atoms with Crippen LogP contribution in [0.25, 0.3) is 16.6 Å². The fraction of sp³-hybridized carbons (Fsp3) is 0.194. The van der Waals surface area contributed by atoms with Gasteiger partial charge in [0.1, 0.15) is 12.4 Å². The summed E-state index contributed by atoms with van der Waals surface area (Å²) < 4.78 is 28.0. The quantitative estimate of drug-likeness (QED) is 0.228. The van der Waals surface area contributed by atoms with Gasteiger partial charge < -0.3 is 14.5 Å². The summed E-state index contributed by atoms with van der Waals surface area (Å²) in [4.78, 5) is 6.29. The second kappa shape index (κ2) is 10.4. The number of ether oxygens (including phenoxy) is 2. The van der Waals surface area contributed by atoms with Gasteiger partial charge in [0.2, 0.25) is 0 Å². The molecule has 2 atom stereocenters. The van der Waals surface area contributed by atoms with Crippen molar-refractivity contribution in [1.29, 1.82) is 0 Å². The lowest BCUT2D eigenvalue weighted by Gasteiger charge is -2.46. The fourth-order valence-electron chi connectivity index (χ4n) is 6.90. The highest BCUT2D eigenvalue weighted by molar-refractivity contribution is 5.85. The molecule has 2 unspecified atom stereocenters. The predicted octanol–water partition coefficient (Wildman–Crippen LogP) is 7.33. The minimum atomic E-state index is -0.219. The molecule has 4 aromatic carbocycles. The molecule has 43 heavy (non-hydrogen) atoms. The summed E-state index contributed by atoms with van der Waals surface area (Å²) in [5.74, 6) is 1.27. The Balaban J connectivity index is 1.13. The number of methoxy groups -OCH3 is 1. The molecule has 8 rings (SSSR count). The molecule has 0 saturated carbocycles. The van der Waals surface area contributed by atoms with Crippen LogP contribution in [0.2, 0.25) is 0 Å². The first-order valence-electron chi connectivity index (χ1n) is 14.7. The van der Waals surface area contributed by atoms with Crippen LogP contribution in [0.1, 0.15) is 45.6 Å². The topological polar surface area (TPSA) is 55.3 Å². The molecule has 0 aliphatic carbocycles. The lowest BCUT2D eigenvalue weighted by molar-refractivity contribution is 0.127. The summed E-state index contributed by atoms with van der Waals surface area (Å²) in [6.45, 7) is 1.32. The summed E-state index contributed by atoms with van der Waals surface area (Å²) in [6.07, 6.45) is 5.47. The largest absolute Gasteiger partial charge is 0.493 e. The number of fused-ring (bicyclic) bond motifs is 6. The molecular formula is C36H31FN4O2. The minimum Gasteiger partial charge on any atom is -0.493 e. The Morgan fingerprint density at radius 3 is 2.58 bits per heavy atom. The van der Waals surface area contributed by atoms with E-state index in [-0.39, 0.29) is 17.9 Å². The number of para-hydroxylation sites is 1. The second-order valence-electron chi connectivity index (χ2n) is 11.3. The van der Waals surface area contributed by atoms with Crippen LogP contribution in [-0.2, 0) is 19.4 Å². The van der Waals surface area contributed by atoms with Gasteiger partial charge in [-0.15, -0.1) is 0 Å². The molecule has 4 heterocycles. The van der Waals surface area contributed by atoms with Gasteiger partial charge >= 0.3 is 0 Å². The number of rotatable bonds is 6. The van der Waals surface area contributed by atoms with Gasteiger partial charge in [0.05, 0.1) is 18.8 Å². The first kappa shape index (κ1) is 25.8. The molecular weight excluding hydrogens is 539 g/mol. The number of benzene rings is 4. The number of H-pyrrole nitrogens is 1. The van der Waals surface area contributed by atoms with Crippen LogP contribution in [0.4, 0.5) is 4.39 Å². The lowest BCUT2D eigenvalue weighted by Crippen LogP contribution is -2.43. The molecule has 0 amide bonds. The number of hydrogen-bond acceptors (Lipinski definition) is 4. The van der Waals surface area contributed by atoms with Crippen molar-refractivity contribution in [2.75, 3.05) is 13.7 Å². The monoisotopic (exact) mass is 570 g/mol. The molecule has 214 valence electrons. The van der Waals surface area contributed by atoms with E-state index in [1.54, 1.807) is 25.4 Å². The smallest absolute Gasteiger partial charge is 0.161 e. The highest BCUT2D eigenvalue weighted by Gasteiger charge is 2.41. The predicted molar refractivity (Wildman–Crippen MR) is 164 cm³/mol. The van der Waals surface area contributed by atoms with E-state index in [0.29, 0.717) is 6.61 Å². The fourth-order valence-corrected chi connectivity index (χ4v) is 6.90. The summed E-state index contributed by atoms with van der Waals surface area (Å²) in [5.41, 5.74) is 9.40. The van der Waals surface area contributed by atoms with Gasteiger partial charge in [0.15, 0.2) is 11.5 Å². The number of nitrogens with zero attached hydrogens (tertiary/aromatic N) is 3. The van der Waals surface area contributed by atoms with Crippen molar-refractivity contribution in [3.63, 3.8) is 0 Å². The van der Waals surface area contributed by atoms with E-state index >= 15 is 0 Å². The van der Waals surface area contributed by atoms with Crippen LogP contribution in [0.5, 0.6) is 11.5 Å². The van der Waals surface area contributed by atoms with Crippen molar-refractivity contribution in [2.45, 2.75) is 31.5 Å². The average Bonchev–Trinajstić information content (AvgIpc) is 3.72. The van der Waals surface area contributed by atoms with Crippen molar-refractivity contribution in [3.05, 3.63) is 143 Å². The van der Waals surface area contributed by atoms with Gasteiger partial charge in [-0.2, -0.15) is 5.10 Å². The molecule has 0 saturated heterocycles. The molecule has 0 bridgehead atoms. The highest BCUT2D eigenvalue weighted by atomic mass is 19.1. The Labute approximate surface area is 249 Å². The summed E-state index contributed by atoms with van der Waals surface area (Å²) >= 11 is 0. The van der Waals surface area contributed by atoms with Gasteiger partial charge in [0, 0.05) is 41.6 Å². The first-order valence-corrected chi connectivity index (χ1v) is 14.7. The lowest BCUT2D eigenvalue weighted by atomic mass is 9.80. The Hall–Kier alpha value is -4.88. The van der Waals surface area contributed by atoms with E-state index in [4.69, 9.17) is 9.47 Å². The molecule has 0 radical (unpaired) electrons. The van der Waals surface area contributed by atoms with Gasteiger partial charge in [-0.1, -0.05) is 42.5 Å². The molecule has 2 aromatic heterocycles. The molecule has 7 heteroatoms. The molecule has 6 aromatic rings. The summed E-state index contributed by atoms with van der Waals surface area (Å²) in [6, 6.07) is 30.1. The van der Waals surface area contributed by atoms with Crippen molar-refractivity contribution in [1.82, 2.24) is 19.7 Å². The van der Waals surface area contributed by atoms with E-state index < -0.39 is 0 Å². The number of aromatic nitrogens is 3. The van der Waals surface area contributed by atoms with Gasteiger partial charge in [-0.25, -0.2) is 9.07 Å².